The molecular weight excluding hydrogens is 260 g/mol. The molecule has 1 saturated heterocycles. The van der Waals surface area contributed by atoms with Crippen LogP contribution in [0.15, 0.2) is 23.1 Å². The molecule has 2 aliphatic rings. The van der Waals surface area contributed by atoms with Crippen LogP contribution in [-0.4, -0.2) is 33.8 Å². The zero-order chi connectivity index (χ0) is 13.6. The zero-order valence-corrected chi connectivity index (χ0v) is 12.2. The van der Waals surface area contributed by atoms with Gasteiger partial charge in [-0.3, -0.25) is 0 Å². The van der Waals surface area contributed by atoms with Crippen LogP contribution in [0, 0.1) is 5.92 Å². The van der Waals surface area contributed by atoms with Gasteiger partial charge in [0.15, 0.2) is 9.84 Å². The van der Waals surface area contributed by atoms with Gasteiger partial charge in [0.05, 0.1) is 16.3 Å². The van der Waals surface area contributed by atoms with E-state index in [4.69, 9.17) is 0 Å². The van der Waals surface area contributed by atoms with E-state index in [-0.39, 0.29) is 0 Å². The number of rotatable bonds is 1. The molecule has 1 fully saturated rings. The average molecular weight is 280 g/mol. The minimum Gasteiger partial charge on any atom is -0.380 e. The molecule has 19 heavy (non-hydrogen) atoms. The van der Waals surface area contributed by atoms with E-state index >= 15 is 0 Å². The summed E-state index contributed by atoms with van der Waals surface area (Å²) in [6.45, 7) is 4.15. The van der Waals surface area contributed by atoms with Crippen LogP contribution in [-0.2, 0) is 9.84 Å². The third kappa shape index (κ3) is 2.20. The van der Waals surface area contributed by atoms with Crippen LogP contribution in [0.25, 0.3) is 0 Å². The summed E-state index contributed by atoms with van der Waals surface area (Å²) in [5.41, 5.74) is 1.84. The minimum atomic E-state index is -3.18. The molecule has 0 aliphatic carbocycles. The molecule has 104 valence electrons. The minimum absolute atomic E-state index is 0.419. The van der Waals surface area contributed by atoms with Gasteiger partial charge < -0.3 is 10.2 Å². The molecule has 0 aromatic heterocycles. The van der Waals surface area contributed by atoms with Gasteiger partial charge >= 0.3 is 0 Å². The first-order valence-corrected chi connectivity index (χ1v) is 8.69. The van der Waals surface area contributed by atoms with Crippen molar-refractivity contribution in [2.75, 3.05) is 29.6 Å². The third-order valence-corrected chi connectivity index (χ3v) is 5.34. The van der Waals surface area contributed by atoms with Gasteiger partial charge in [-0.1, -0.05) is 13.0 Å². The Labute approximate surface area is 114 Å². The summed E-state index contributed by atoms with van der Waals surface area (Å²) in [6, 6.07) is 6.05. The van der Waals surface area contributed by atoms with Gasteiger partial charge in [-0.15, -0.1) is 0 Å². The van der Waals surface area contributed by atoms with Crippen molar-refractivity contribution in [1.82, 2.24) is 0 Å². The summed E-state index contributed by atoms with van der Waals surface area (Å²) >= 11 is 0. The van der Waals surface area contributed by atoms with Crippen molar-refractivity contribution in [3.8, 4) is 0 Å². The normalized spacial score (nSPS) is 26.3. The molecule has 0 spiro atoms. The zero-order valence-electron chi connectivity index (χ0n) is 11.4. The molecule has 1 N–H and O–H groups in total. The third-order valence-electron chi connectivity index (χ3n) is 4.21. The number of anilines is 2. The van der Waals surface area contributed by atoms with Crippen molar-refractivity contribution in [1.29, 1.82) is 0 Å². The molecule has 2 heterocycles. The van der Waals surface area contributed by atoms with E-state index in [9.17, 15) is 8.42 Å². The molecule has 2 aliphatic heterocycles. The molecule has 2 unspecified atom stereocenters. The Morgan fingerprint density at radius 1 is 1.37 bits per heavy atom. The quantitative estimate of drug-likeness (QED) is 0.856. The first-order valence-electron chi connectivity index (χ1n) is 6.80. The fourth-order valence-corrected chi connectivity index (χ4v) is 4.10. The number of sulfone groups is 1. The van der Waals surface area contributed by atoms with E-state index in [1.807, 2.05) is 12.1 Å². The Hall–Kier alpha value is -1.23. The van der Waals surface area contributed by atoms with Crippen molar-refractivity contribution in [2.45, 2.75) is 30.7 Å². The first-order chi connectivity index (χ1) is 8.97. The number of fused-ring (bicyclic) bond motifs is 3. The predicted molar refractivity (Wildman–Crippen MR) is 77.6 cm³/mol. The standard InChI is InChI=1S/C14H20N2O2S/c1-10-6-7-16-11(8-10)9-15-14-12(16)4-3-5-13(14)19(2,17)18/h3-5,10-11,15H,6-9H2,1-2H3. The van der Waals surface area contributed by atoms with Gasteiger partial charge in [-0.2, -0.15) is 0 Å². The number of nitrogens with one attached hydrogen (secondary N) is 1. The number of benzene rings is 1. The molecule has 5 heteroatoms. The summed E-state index contributed by atoms with van der Waals surface area (Å²) in [4.78, 5) is 2.79. The van der Waals surface area contributed by atoms with Crippen molar-refractivity contribution in [3.05, 3.63) is 18.2 Å². The molecular formula is C14H20N2O2S. The van der Waals surface area contributed by atoms with E-state index in [0.29, 0.717) is 10.9 Å². The largest absolute Gasteiger partial charge is 0.380 e. The van der Waals surface area contributed by atoms with Gasteiger partial charge in [0, 0.05) is 25.4 Å². The number of para-hydroxylation sites is 1. The predicted octanol–water partition coefficient (Wildman–Crippen LogP) is 2.12. The number of hydrogen-bond acceptors (Lipinski definition) is 4. The van der Waals surface area contributed by atoms with Crippen LogP contribution in [0.3, 0.4) is 0 Å². The molecule has 1 aromatic carbocycles. The maximum Gasteiger partial charge on any atom is 0.177 e. The lowest BCUT2D eigenvalue weighted by Gasteiger charge is -2.44. The molecule has 0 amide bonds. The topological polar surface area (TPSA) is 49.4 Å². The van der Waals surface area contributed by atoms with E-state index in [1.54, 1.807) is 6.07 Å². The van der Waals surface area contributed by atoms with Gasteiger partial charge in [0.25, 0.3) is 0 Å². The lowest BCUT2D eigenvalue weighted by Crippen LogP contribution is -2.49. The summed E-state index contributed by atoms with van der Waals surface area (Å²) in [7, 11) is -3.18. The molecule has 0 radical (unpaired) electrons. The Bertz CT molecular complexity index is 597. The average Bonchev–Trinajstić information content (AvgIpc) is 2.36. The molecule has 3 rings (SSSR count). The van der Waals surface area contributed by atoms with Gasteiger partial charge in [0.1, 0.15) is 0 Å². The number of nitrogens with zero attached hydrogens (tertiary/aromatic N) is 1. The van der Waals surface area contributed by atoms with Crippen LogP contribution in [0.4, 0.5) is 11.4 Å². The highest BCUT2D eigenvalue weighted by Gasteiger charge is 2.33. The summed E-state index contributed by atoms with van der Waals surface area (Å²) in [5, 5.41) is 3.34. The summed E-state index contributed by atoms with van der Waals surface area (Å²) in [6.07, 6.45) is 3.63. The van der Waals surface area contributed by atoms with E-state index in [2.05, 4.69) is 17.1 Å². The van der Waals surface area contributed by atoms with Gasteiger partial charge in [-0.05, 0) is 30.9 Å². The SMILES string of the molecule is CC1CCN2c3cccc(S(C)(=O)=O)c3NCC2C1. The highest BCUT2D eigenvalue weighted by atomic mass is 32.2. The Morgan fingerprint density at radius 2 is 2.16 bits per heavy atom. The Kier molecular flexibility index (Phi) is 2.96. The highest BCUT2D eigenvalue weighted by Crippen LogP contribution is 2.40. The van der Waals surface area contributed by atoms with Crippen molar-refractivity contribution >= 4 is 21.2 Å². The first kappa shape index (κ1) is 12.8. The van der Waals surface area contributed by atoms with Crippen LogP contribution in [0.2, 0.25) is 0 Å². The van der Waals surface area contributed by atoms with Crippen LogP contribution in [0.1, 0.15) is 19.8 Å². The van der Waals surface area contributed by atoms with Crippen molar-refractivity contribution < 1.29 is 8.42 Å². The van der Waals surface area contributed by atoms with E-state index in [0.717, 1.165) is 30.4 Å². The van der Waals surface area contributed by atoms with Crippen LogP contribution in [0.5, 0.6) is 0 Å². The second kappa shape index (κ2) is 4.40. The fourth-order valence-electron chi connectivity index (χ4n) is 3.23. The van der Waals surface area contributed by atoms with Crippen molar-refractivity contribution in [3.63, 3.8) is 0 Å². The number of hydrogen-bond donors (Lipinski definition) is 1. The monoisotopic (exact) mass is 280 g/mol. The molecule has 4 nitrogen and oxygen atoms in total. The lowest BCUT2D eigenvalue weighted by molar-refractivity contribution is 0.367. The van der Waals surface area contributed by atoms with Crippen molar-refractivity contribution in [2.24, 2.45) is 5.92 Å². The maximum absolute atomic E-state index is 11.9. The second-order valence-electron chi connectivity index (χ2n) is 5.78. The second-order valence-corrected chi connectivity index (χ2v) is 7.76. The van der Waals surface area contributed by atoms with Crippen LogP contribution >= 0.6 is 0 Å². The van der Waals surface area contributed by atoms with Gasteiger partial charge in [0.2, 0.25) is 0 Å². The fraction of sp³-hybridized carbons (Fsp3) is 0.571. The molecule has 1 aromatic rings. The van der Waals surface area contributed by atoms with E-state index in [1.165, 1.54) is 19.1 Å². The molecule has 0 saturated carbocycles. The maximum atomic E-state index is 11.9. The Balaban J connectivity index is 2.06. The lowest BCUT2D eigenvalue weighted by atomic mass is 9.90. The van der Waals surface area contributed by atoms with E-state index < -0.39 is 9.84 Å². The van der Waals surface area contributed by atoms with Crippen LogP contribution < -0.4 is 10.2 Å². The molecule has 0 bridgehead atoms. The Morgan fingerprint density at radius 3 is 2.89 bits per heavy atom. The van der Waals surface area contributed by atoms with Gasteiger partial charge in [-0.25, -0.2) is 8.42 Å². The summed E-state index contributed by atoms with van der Waals surface area (Å²) < 4.78 is 23.7. The highest BCUT2D eigenvalue weighted by molar-refractivity contribution is 7.90. The summed E-state index contributed by atoms with van der Waals surface area (Å²) in [5.74, 6) is 0.752. The number of piperidine rings is 1. The smallest absolute Gasteiger partial charge is 0.177 e. The molecule has 2 atom stereocenters.